The van der Waals surface area contributed by atoms with Crippen molar-refractivity contribution in [2.24, 2.45) is 0 Å². The van der Waals surface area contributed by atoms with E-state index >= 15 is 0 Å². The highest BCUT2D eigenvalue weighted by Crippen LogP contribution is 1.66. The third-order valence-corrected chi connectivity index (χ3v) is 0.365. The molecule has 0 spiro atoms. The summed E-state index contributed by atoms with van der Waals surface area (Å²) in [6.07, 6.45) is 0. The van der Waals surface area contributed by atoms with Crippen molar-refractivity contribution in [2.75, 3.05) is 6.54 Å². The fourth-order valence-corrected chi connectivity index (χ4v) is 0. The summed E-state index contributed by atoms with van der Waals surface area (Å²) in [5, 5.41) is 8.96. The van der Waals surface area contributed by atoms with Gasteiger partial charge in [-0.05, 0) is 0 Å². The maximum absolute atomic E-state index is 8.08. The molecule has 2 nitrogen and oxygen atoms in total. The van der Waals surface area contributed by atoms with Crippen LogP contribution in [0.25, 0.3) is 0 Å². The Labute approximate surface area is 32.0 Å². The summed E-state index contributed by atoms with van der Waals surface area (Å²) < 4.78 is 0. The minimum Gasteiger partial charge on any atom is -0.314 e. The zero-order chi connectivity index (χ0) is 4.28. The average molecular weight is 74.1 g/mol. The van der Waals surface area contributed by atoms with Gasteiger partial charge in [0.2, 0.25) is 0 Å². The molecule has 0 unspecified atom stereocenters. The van der Waals surface area contributed by atoms with E-state index in [2.05, 4.69) is 7.05 Å². The van der Waals surface area contributed by atoms with Gasteiger partial charge in [0.25, 0.3) is 0 Å². The van der Waals surface area contributed by atoms with E-state index in [0.29, 0.717) is 6.54 Å². The van der Waals surface area contributed by atoms with Gasteiger partial charge >= 0.3 is 0 Å². The second kappa shape index (κ2) is 2.18. The average Bonchev–Trinajstić information content (AvgIpc) is 1.38. The monoisotopic (exact) mass is 74.1 g/mol. The Hall–Kier alpha value is -0.0800. The van der Waals surface area contributed by atoms with Crippen molar-refractivity contribution < 1.29 is 5.21 Å². The molecular formula is C3H8NO. The molecule has 31 valence electrons. The molecule has 0 amide bonds. The normalized spacial score (nSPS) is 9.60. The molecule has 1 radical (unpaired) electrons. The molecule has 0 aromatic heterocycles. The van der Waals surface area contributed by atoms with E-state index in [-0.39, 0.29) is 0 Å². The summed E-state index contributed by atoms with van der Waals surface area (Å²) in [6.45, 7) is 2.40. The molecule has 0 aromatic rings. The van der Waals surface area contributed by atoms with Crippen LogP contribution in [0.15, 0.2) is 0 Å². The van der Waals surface area contributed by atoms with Gasteiger partial charge in [-0.15, -0.1) is 0 Å². The Balaban J connectivity index is 2.54. The van der Waals surface area contributed by atoms with Crippen LogP contribution < -0.4 is 0 Å². The van der Waals surface area contributed by atoms with Crippen molar-refractivity contribution in [3.8, 4) is 0 Å². The lowest BCUT2D eigenvalue weighted by Gasteiger charge is -1.97. The predicted octanol–water partition coefficient (Wildman–Crippen LogP) is 0.489. The number of rotatable bonds is 1. The molecule has 0 aromatic carbocycles. The van der Waals surface area contributed by atoms with Gasteiger partial charge < -0.3 is 5.21 Å². The minimum absolute atomic E-state index is 0.583. The van der Waals surface area contributed by atoms with E-state index in [4.69, 9.17) is 5.21 Å². The number of hydrogen-bond acceptors (Lipinski definition) is 2. The second-order valence-electron chi connectivity index (χ2n) is 0.823. The summed E-state index contributed by atoms with van der Waals surface area (Å²) >= 11 is 0. The Morgan fingerprint density at radius 2 is 2.20 bits per heavy atom. The van der Waals surface area contributed by atoms with Gasteiger partial charge in [0.05, 0.1) is 0 Å². The summed E-state index contributed by atoms with van der Waals surface area (Å²) in [7, 11) is 3.15. The topological polar surface area (TPSA) is 23.5 Å². The molecule has 0 aliphatic heterocycles. The second-order valence-corrected chi connectivity index (χ2v) is 0.823. The van der Waals surface area contributed by atoms with Crippen molar-refractivity contribution in [1.82, 2.24) is 5.06 Å². The van der Waals surface area contributed by atoms with Gasteiger partial charge in [0.1, 0.15) is 0 Å². The Morgan fingerprint density at radius 1 is 2.00 bits per heavy atom. The van der Waals surface area contributed by atoms with Crippen LogP contribution in [0.5, 0.6) is 0 Å². The molecule has 0 saturated carbocycles. The Morgan fingerprint density at radius 3 is 2.20 bits per heavy atom. The largest absolute Gasteiger partial charge is 0.314 e. The molecule has 0 saturated heterocycles. The first-order valence-electron chi connectivity index (χ1n) is 1.54. The predicted molar refractivity (Wildman–Crippen MR) is 19.5 cm³/mol. The van der Waals surface area contributed by atoms with Crippen molar-refractivity contribution in [2.45, 2.75) is 6.92 Å². The summed E-state index contributed by atoms with van der Waals surface area (Å²) in [5.41, 5.74) is 0. The summed E-state index contributed by atoms with van der Waals surface area (Å²) in [5.74, 6) is 0. The number of hydroxylamine groups is 2. The van der Waals surface area contributed by atoms with Gasteiger partial charge in [-0.3, -0.25) is 0 Å². The third kappa shape index (κ3) is 3.92. The number of hydrogen-bond donors (Lipinski definition) is 1. The van der Waals surface area contributed by atoms with Gasteiger partial charge in [-0.1, -0.05) is 6.92 Å². The minimum atomic E-state index is 0.583. The molecule has 2 heteroatoms. The zero-order valence-electron chi connectivity index (χ0n) is 3.31. The van der Waals surface area contributed by atoms with E-state index in [1.54, 1.807) is 0 Å². The highest BCUT2D eigenvalue weighted by molar-refractivity contribution is 4.24. The van der Waals surface area contributed by atoms with Gasteiger partial charge in [-0.2, -0.15) is 5.06 Å². The molecule has 1 N–H and O–H groups in total. The quantitative estimate of drug-likeness (QED) is 0.457. The summed E-state index contributed by atoms with van der Waals surface area (Å²) in [4.78, 5) is 0. The molecular weight excluding hydrogens is 66.0 g/mol. The standard InChI is InChI=1S/C3H8NO/c1-3-4(2)5/h5H,2-3H2,1H3. The molecule has 0 aliphatic carbocycles. The fourth-order valence-electron chi connectivity index (χ4n) is 0. The van der Waals surface area contributed by atoms with Crippen LogP contribution in [0.3, 0.4) is 0 Å². The zero-order valence-corrected chi connectivity index (χ0v) is 3.31. The highest BCUT2D eigenvalue weighted by atomic mass is 16.5. The third-order valence-electron chi connectivity index (χ3n) is 0.365. The first-order valence-corrected chi connectivity index (χ1v) is 1.54. The number of nitrogens with zero attached hydrogens (tertiary/aromatic N) is 1. The van der Waals surface area contributed by atoms with E-state index in [0.717, 1.165) is 5.06 Å². The molecule has 0 atom stereocenters. The van der Waals surface area contributed by atoms with Crippen LogP contribution in [-0.2, 0) is 0 Å². The van der Waals surface area contributed by atoms with Crippen LogP contribution in [0.2, 0.25) is 0 Å². The van der Waals surface area contributed by atoms with Crippen LogP contribution in [-0.4, -0.2) is 16.8 Å². The molecule has 0 aliphatic rings. The van der Waals surface area contributed by atoms with Gasteiger partial charge in [-0.25, -0.2) is 0 Å². The van der Waals surface area contributed by atoms with Gasteiger partial charge in [0, 0.05) is 13.6 Å². The van der Waals surface area contributed by atoms with Crippen LogP contribution in [0, 0.1) is 7.05 Å². The van der Waals surface area contributed by atoms with Crippen LogP contribution in [0.4, 0.5) is 0 Å². The molecule has 5 heavy (non-hydrogen) atoms. The van der Waals surface area contributed by atoms with Crippen molar-refractivity contribution in [3.63, 3.8) is 0 Å². The first-order chi connectivity index (χ1) is 2.27. The van der Waals surface area contributed by atoms with Crippen LogP contribution in [0.1, 0.15) is 6.92 Å². The van der Waals surface area contributed by atoms with E-state index < -0.39 is 0 Å². The van der Waals surface area contributed by atoms with Crippen molar-refractivity contribution in [3.05, 3.63) is 7.05 Å². The SMILES string of the molecule is [CH2]N(O)CC. The van der Waals surface area contributed by atoms with Crippen LogP contribution >= 0.6 is 0 Å². The molecule has 0 fully saturated rings. The van der Waals surface area contributed by atoms with Crippen molar-refractivity contribution >= 4 is 0 Å². The van der Waals surface area contributed by atoms with E-state index in [1.165, 1.54) is 0 Å². The lowest BCUT2D eigenvalue weighted by atomic mass is 10.8. The smallest absolute Gasteiger partial charge is 0.0389 e. The van der Waals surface area contributed by atoms with E-state index in [1.807, 2.05) is 6.92 Å². The maximum atomic E-state index is 8.08. The van der Waals surface area contributed by atoms with Gasteiger partial charge in [0.15, 0.2) is 0 Å². The molecule has 0 heterocycles. The highest BCUT2D eigenvalue weighted by Gasteiger charge is 1.74. The lowest BCUT2D eigenvalue weighted by molar-refractivity contribution is -0.0393. The Kier molecular flexibility index (Phi) is 2.14. The van der Waals surface area contributed by atoms with Crippen molar-refractivity contribution in [1.29, 1.82) is 0 Å². The lowest BCUT2D eigenvalue weighted by Crippen LogP contribution is -2.06. The first kappa shape index (κ1) is 4.92. The summed E-state index contributed by atoms with van der Waals surface area (Å²) in [6, 6.07) is 0. The fraction of sp³-hybridized carbons (Fsp3) is 0.667. The molecule has 0 bridgehead atoms. The molecule has 0 rings (SSSR count). The Bertz CT molecular complexity index is 20.9. The maximum Gasteiger partial charge on any atom is 0.0389 e. The van der Waals surface area contributed by atoms with E-state index in [9.17, 15) is 0 Å².